The van der Waals surface area contributed by atoms with Crippen molar-refractivity contribution in [2.75, 3.05) is 18.0 Å². The summed E-state index contributed by atoms with van der Waals surface area (Å²) >= 11 is 5.86. The molecule has 0 bridgehead atoms. The summed E-state index contributed by atoms with van der Waals surface area (Å²) in [5.41, 5.74) is 7.82. The number of hydrogen-bond acceptors (Lipinski definition) is 4. The molecule has 0 radical (unpaired) electrons. The molecule has 1 N–H and O–H groups in total. The second-order valence-electron chi connectivity index (χ2n) is 5.68. The van der Waals surface area contributed by atoms with Crippen LogP contribution in [-0.2, 0) is 0 Å². The van der Waals surface area contributed by atoms with Crippen molar-refractivity contribution >= 4 is 23.5 Å². The maximum absolute atomic E-state index is 9.35. The van der Waals surface area contributed by atoms with Gasteiger partial charge in [0, 0.05) is 10.7 Å². The van der Waals surface area contributed by atoms with E-state index >= 15 is 0 Å². The van der Waals surface area contributed by atoms with Gasteiger partial charge in [-0.25, -0.2) is 0 Å². The van der Waals surface area contributed by atoms with E-state index in [1.165, 1.54) is 5.56 Å². The highest BCUT2D eigenvalue weighted by atomic mass is 35.5. The minimum Gasteiger partial charge on any atom is -0.360 e. The third-order valence-electron chi connectivity index (χ3n) is 3.88. The summed E-state index contributed by atoms with van der Waals surface area (Å²) in [7, 11) is 0. The first kappa shape index (κ1) is 16.1. The van der Waals surface area contributed by atoms with Gasteiger partial charge in [-0.3, -0.25) is 5.43 Å². The summed E-state index contributed by atoms with van der Waals surface area (Å²) < 4.78 is 0. The van der Waals surface area contributed by atoms with Crippen molar-refractivity contribution in [2.24, 2.45) is 5.10 Å². The lowest BCUT2D eigenvalue weighted by molar-refractivity contribution is 0.851. The van der Waals surface area contributed by atoms with Crippen molar-refractivity contribution in [1.82, 2.24) is 5.43 Å². The highest BCUT2D eigenvalue weighted by Crippen LogP contribution is 2.23. The van der Waals surface area contributed by atoms with Gasteiger partial charge < -0.3 is 4.90 Å². The molecule has 0 fully saturated rings. The minimum absolute atomic E-state index is 0.596. The monoisotopic (exact) mass is 336 g/mol. The Labute approximate surface area is 146 Å². The molecule has 5 heteroatoms. The van der Waals surface area contributed by atoms with Gasteiger partial charge in [-0.05, 0) is 36.8 Å². The average molecular weight is 337 g/mol. The first-order chi connectivity index (χ1) is 11.7. The Morgan fingerprint density at radius 2 is 1.83 bits per heavy atom. The summed E-state index contributed by atoms with van der Waals surface area (Å²) in [6, 6.07) is 18.0. The molecule has 0 atom stereocenters. The van der Waals surface area contributed by atoms with Crippen LogP contribution in [0, 0.1) is 18.3 Å². The van der Waals surface area contributed by atoms with Gasteiger partial charge >= 0.3 is 0 Å². The molecule has 120 valence electrons. The van der Waals surface area contributed by atoms with E-state index in [4.69, 9.17) is 11.6 Å². The lowest BCUT2D eigenvalue weighted by Gasteiger charge is -2.18. The van der Waals surface area contributed by atoms with Gasteiger partial charge in [0.05, 0.1) is 36.6 Å². The van der Waals surface area contributed by atoms with E-state index in [-0.39, 0.29) is 0 Å². The quantitative estimate of drug-likeness (QED) is 0.681. The number of hydrazone groups is 1. The lowest BCUT2D eigenvalue weighted by Crippen LogP contribution is -2.22. The Morgan fingerprint density at radius 3 is 2.50 bits per heavy atom. The van der Waals surface area contributed by atoms with Gasteiger partial charge in [0.25, 0.3) is 0 Å². The second-order valence-corrected chi connectivity index (χ2v) is 6.12. The summed E-state index contributed by atoms with van der Waals surface area (Å²) in [4.78, 5) is 2.15. The van der Waals surface area contributed by atoms with Gasteiger partial charge in [-0.1, -0.05) is 41.4 Å². The Hall–Kier alpha value is -2.77. The molecule has 2 aromatic carbocycles. The SMILES string of the molecule is Cc1ccc(N2CC(C#N)=C(NN=Cc3ccc(Cl)cc3)C2)cc1. The number of rotatable bonds is 4. The van der Waals surface area contributed by atoms with Crippen molar-refractivity contribution in [2.45, 2.75) is 6.92 Å². The van der Waals surface area contributed by atoms with E-state index in [9.17, 15) is 5.26 Å². The predicted molar refractivity (Wildman–Crippen MR) is 98.2 cm³/mol. The van der Waals surface area contributed by atoms with Crippen LogP contribution in [0.2, 0.25) is 5.02 Å². The normalized spacial score (nSPS) is 14.3. The molecule has 0 aromatic heterocycles. The first-order valence-electron chi connectivity index (χ1n) is 7.64. The number of hydrogen-bond donors (Lipinski definition) is 1. The highest BCUT2D eigenvalue weighted by molar-refractivity contribution is 6.30. The van der Waals surface area contributed by atoms with E-state index in [1.807, 2.05) is 24.3 Å². The van der Waals surface area contributed by atoms with Crippen molar-refractivity contribution in [3.8, 4) is 6.07 Å². The lowest BCUT2D eigenvalue weighted by atomic mass is 10.2. The van der Waals surface area contributed by atoms with Crippen LogP contribution in [0.15, 0.2) is 64.9 Å². The van der Waals surface area contributed by atoms with E-state index in [1.54, 1.807) is 6.21 Å². The molecule has 3 rings (SSSR count). The summed E-state index contributed by atoms with van der Waals surface area (Å²) in [6.07, 6.45) is 1.72. The summed E-state index contributed by atoms with van der Waals surface area (Å²) in [6.45, 7) is 3.30. The van der Waals surface area contributed by atoms with Crippen molar-refractivity contribution < 1.29 is 0 Å². The van der Waals surface area contributed by atoms with Crippen LogP contribution in [0.5, 0.6) is 0 Å². The fourth-order valence-electron chi connectivity index (χ4n) is 2.51. The summed E-state index contributed by atoms with van der Waals surface area (Å²) in [5, 5.41) is 14.3. The van der Waals surface area contributed by atoms with Crippen molar-refractivity contribution in [1.29, 1.82) is 5.26 Å². The van der Waals surface area contributed by atoms with Crippen LogP contribution in [0.1, 0.15) is 11.1 Å². The fourth-order valence-corrected chi connectivity index (χ4v) is 2.63. The molecule has 1 aliphatic heterocycles. The summed E-state index contributed by atoms with van der Waals surface area (Å²) in [5.74, 6) is 0. The Balaban J connectivity index is 1.67. The number of anilines is 1. The van der Waals surface area contributed by atoms with Crippen LogP contribution in [0.3, 0.4) is 0 Å². The van der Waals surface area contributed by atoms with Gasteiger partial charge in [0.1, 0.15) is 0 Å². The Kier molecular flexibility index (Phi) is 4.83. The molecule has 0 spiro atoms. The molecule has 0 saturated carbocycles. The van der Waals surface area contributed by atoms with Crippen LogP contribution in [-0.4, -0.2) is 19.3 Å². The maximum Gasteiger partial charge on any atom is 0.0985 e. The molecule has 0 saturated heterocycles. The van der Waals surface area contributed by atoms with Crippen LogP contribution < -0.4 is 10.3 Å². The third kappa shape index (κ3) is 3.76. The molecular weight excluding hydrogens is 320 g/mol. The number of nitriles is 1. The average Bonchev–Trinajstić information content (AvgIpc) is 3.00. The van der Waals surface area contributed by atoms with Gasteiger partial charge in [-0.15, -0.1) is 0 Å². The van der Waals surface area contributed by atoms with Crippen LogP contribution >= 0.6 is 11.6 Å². The standard InChI is InChI=1S/C19H17ClN4/c1-14-2-8-18(9-3-14)24-12-16(10-21)19(13-24)23-22-11-15-4-6-17(20)7-5-15/h2-9,11,23H,12-13H2,1H3. The predicted octanol–water partition coefficient (Wildman–Crippen LogP) is 3.87. The second kappa shape index (κ2) is 7.20. The largest absolute Gasteiger partial charge is 0.360 e. The van der Waals surface area contributed by atoms with Gasteiger partial charge in [0.2, 0.25) is 0 Å². The maximum atomic E-state index is 9.35. The molecule has 1 heterocycles. The number of nitrogens with zero attached hydrogens (tertiary/aromatic N) is 3. The Bertz CT molecular complexity index is 814. The van der Waals surface area contributed by atoms with Crippen LogP contribution in [0.25, 0.3) is 0 Å². The molecule has 2 aromatic rings. The Morgan fingerprint density at radius 1 is 1.12 bits per heavy atom. The highest BCUT2D eigenvalue weighted by Gasteiger charge is 2.22. The topological polar surface area (TPSA) is 51.4 Å². The minimum atomic E-state index is 0.596. The van der Waals surface area contributed by atoms with Gasteiger partial charge in [0.15, 0.2) is 0 Å². The fraction of sp³-hybridized carbons (Fsp3) is 0.158. The number of benzene rings is 2. The molecular formula is C19H17ClN4. The van der Waals surface area contributed by atoms with Gasteiger partial charge in [-0.2, -0.15) is 10.4 Å². The zero-order chi connectivity index (χ0) is 16.9. The third-order valence-corrected chi connectivity index (χ3v) is 4.13. The van der Waals surface area contributed by atoms with E-state index in [2.05, 4.69) is 52.7 Å². The number of nitrogens with one attached hydrogen (secondary N) is 1. The first-order valence-corrected chi connectivity index (χ1v) is 8.02. The van der Waals surface area contributed by atoms with E-state index < -0.39 is 0 Å². The number of halogens is 1. The molecule has 4 nitrogen and oxygen atoms in total. The van der Waals surface area contributed by atoms with E-state index in [0.29, 0.717) is 23.7 Å². The smallest absolute Gasteiger partial charge is 0.0985 e. The molecule has 0 unspecified atom stereocenters. The van der Waals surface area contributed by atoms with Crippen LogP contribution in [0.4, 0.5) is 5.69 Å². The molecule has 0 aliphatic carbocycles. The number of aryl methyl sites for hydroxylation is 1. The molecule has 1 aliphatic rings. The molecule has 24 heavy (non-hydrogen) atoms. The van der Waals surface area contributed by atoms with Crippen molar-refractivity contribution in [3.63, 3.8) is 0 Å². The zero-order valence-corrected chi connectivity index (χ0v) is 14.1. The van der Waals surface area contributed by atoms with Crippen molar-refractivity contribution in [3.05, 3.63) is 76.0 Å². The molecule has 0 amide bonds. The zero-order valence-electron chi connectivity index (χ0n) is 13.3. The van der Waals surface area contributed by atoms with E-state index in [0.717, 1.165) is 16.9 Å².